The van der Waals surface area contributed by atoms with Crippen molar-refractivity contribution in [3.05, 3.63) is 55.3 Å². The number of anilines is 1. The monoisotopic (exact) mass is 497 g/mol. The van der Waals surface area contributed by atoms with Crippen LogP contribution >= 0.6 is 0 Å². The number of ether oxygens (including phenoxy) is 4. The summed E-state index contributed by atoms with van der Waals surface area (Å²) in [6, 6.07) is 1.51. The fraction of sp³-hybridized carbons (Fsp3) is 0.619. The predicted molar refractivity (Wildman–Crippen MR) is 122 cm³/mol. The molecule has 35 heavy (non-hydrogen) atoms. The maximum atomic E-state index is 11.7. The number of rotatable bonds is 6. The molecule has 0 aliphatic carbocycles. The molecular formula is C21H31N5O9. The van der Waals surface area contributed by atoms with Crippen LogP contribution in [0.5, 0.6) is 0 Å². The first-order chi connectivity index (χ1) is 16.6. The topological polar surface area (TPSA) is 193 Å². The minimum Gasteiger partial charge on any atom is -0.390 e. The molecule has 2 aromatic rings. The minimum atomic E-state index is -0.686. The van der Waals surface area contributed by atoms with E-state index in [1.165, 1.54) is 41.8 Å². The number of nitrogens with zero attached hydrogens (tertiary/aromatic N) is 3. The average molecular weight is 498 g/mol. The van der Waals surface area contributed by atoms with Crippen molar-refractivity contribution < 1.29 is 29.2 Å². The molecule has 4 rings (SSSR count). The molecule has 0 amide bonds. The summed E-state index contributed by atoms with van der Waals surface area (Å²) < 4.78 is 23.5. The van der Waals surface area contributed by atoms with Gasteiger partial charge in [-0.1, -0.05) is 0 Å². The van der Waals surface area contributed by atoms with Gasteiger partial charge in [-0.25, -0.2) is 9.59 Å². The average Bonchev–Trinajstić information content (AvgIpc) is 3.34. The lowest BCUT2D eigenvalue weighted by molar-refractivity contribution is -0.0547. The van der Waals surface area contributed by atoms with Gasteiger partial charge in [0.25, 0.3) is 5.56 Å². The molecular weight excluding hydrogens is 466 g/mol. The number of nitrogen functional groups attached to an aromatic ring is 1. The molecule has 2 aliphatic heterocycles. The van der Waals surface area contributed by atoms with E-state index in [1.54, 1.807) is 6.92 Å². The molecule has 6 atom stereocenters. The maximum Gasteiger partial charge on any atom is 0.351 e. The number of nitrogens with one attached hydrogen (secondary N) is 1. The van der Waals surface area contributed by atoms with Crippen LogP contribution in [-0.4, -0.2) is 81.2 Å². The van der Waals surface area contributed by atoms with Crippen LogP contribution in [0.2, 0.25) is 0 Å². The van der Waals surface area contributed by atoms with Crippen LogP contribution in [0, 0.1) is 6.92 Å². The maximum absolute atomic E-state index is 11.7. The first kappa shape index (κ1) is 26.7. The lowest BCUT2D eigenvalue weighted by Crippen LogP contribution is -2.33. The normalized spacial score (nSPS) is 28.0. The molecule has 0 aromatic carbocycles. The predicted octanol–water partition coefficient (Wildman–Crippen LogP) is -1.74. The lowest BCUT2D eigenvalue weighted by Gasteiger charge is -2.15. The minimum absolute atomic E-state index is 0.165. The summed E-state index contributed by atoms with van der Waals surface area (Å²) in [5, 5.41) is 19.5. The number of H-pyrrole nitrogens is 1. The summed E-state index contributed by atoms with van der Waals surface area (Å²) in [6.07, 6.45) is 0.255. The molecule has 4 heterocycles. The second-order valence-electron chi connectivity index (χ2n) is 8.30. The first-order valence-electron chi connectivity index (χ1n) is 11.0. The summed E-state index contributed by atoms with van der Waals surface area (Å²) in [6.45, 7) is 2.15. The van der Waals surface area contributed by atoms with E-state index >= 15 is 0 Å². The molecule has 2 aliphatic rings. The number of nitrogens with two attached hydrogens (primary N) is 1. The smallest absolute Gasteiger partial charge is 0.351 e. The van der Waals surface area contributed by atoms with E-state index in [-0.39, 0.29) is 19.0 Å². The van der Waals surface area contributed by atoms with Crippen LogP contribution in [-0.2, 0) is 18.9 Å². The molecule has 14 heteroatoms. The van der Waals surface area contributed by atoms with Crippen molar-refractivity contribution in [2.45, 2.75) is 56.6 Å². The molecule has 194 valence electrons. The molecule has 2 aromatic heterocycles. The van der Waals surface area contributed by atoms with E-state index in [4.69, 9.17) is 24.7 Å². The van der Waals surface area contributed by atoms with Gasteiger partial charge in [0.05, 0.1) is 25.4 Å². The molecule has 0 spiro atoms. The van der Waals surface area contributed by atoms with E-state index in [2.05, 4.69) is 9.97 Å². The van der Waals surface area contributed by atoms with Crippen molar-refractivity contribution >= 4 is 5.82 Å². The third kappa shape index (κ3) is 6.42. The Labute approximate surface area is 199 Å². The third-order valence-electron chi connectivity index (χ3n) is 5.69. The molecule has 14 nitrogen and oxygen atoms in total. The molecule has 2 unspecified atom stereocenters. The zero-order valence-corrected chi connectivity index (χ0v) is 19.7. The van der Waals surface area contributed by atoms with Crippen LogP contribution in [0.15, 0.2) is 32.8 Å². The number of hydrogen-bond acceptors (Lipinski definition) is 11. The summed E-state index contributed by atoms with van der Waals surface area (Å²) in [7, 11) is 3.04. The van der Waals surface area contributed by atoms with Gasteiger partial charge < -0.3 is 34.9 Å². The van der Waals surface area contributed by atoms with Gasteiger partial charge in [0.15, 0.2) is 0 Å². The van der Waals surface area contributed by atoms with Gasteiger partial charge in [-0.2, -0.15) is 4.98 Å². The second-order valence-corrected chi connectivity index (χ2v) is 8.30. The van der Waals surface area contributed by atoms with Crippen LogP contribution < -0.4 is 22.7 Å². The number of aryl methyl sites for hydroxylation is 1. The Morgan fingerprint density at radius 3 is 2.11 bits per heavy atom. The largest absolute Gasteiger partial charge is 0.390 e. The fourth-order valence-electron chi connectivity index (χ4n) is 3.85. The van der Waals surface area contributed by atoms with E-state index < -0.39 is 53.8 Å². The number of aromatic amines is 1. The van der Waals surface area contributed by atoms with Gasteiger partial charge in [0, 0.05) is 45.0 Å². The highest BCUT2D eigenvalue weighted by molar-refractivity contribution is 5.23. The van der Waals surface area contributed by atoms with Crippen LogP contribution in [0.1, 0.15) is 30.9 Å². The SMILES string of the molecule is COC[C@@H]1O[C@H](n2cc(C)c(=O)[nH]c2=O)CC1O.COC[C@@H]1O[C@H](n2ccc(N)nc2=O)CC1O. The van der Waals surface area contributed by atoms with Crippen LogP contribution in [0.4, 0.5) is 5.82 Å². The molecule has 5 N–H and O–H groups in total. The standard InChI is InChI=1S/C11H16N2O5.C10H15N3O4/c1-6-4-13(11(16)12-10(6)15)9-3-7(14)8(18-9)5-17-2;1-16-5-7-6(14)4-9(17-7)13-3-2-8(11)12-10(13)15/h4,7-9,14H,3,5H2,1-2H3,(H,12,15,16);2-3,6-7,9,14H,4-5H2,1H3,(H2,11,12,15)/t7?,8-,9-;6?,7-,9-/m00/s1. The Kier molecular flexibility index (Phi) is 8.93. The number of hydrogen-bond donors (Lipinski definition) is 4. The van der Waals surface area contributed by atoms with Gasteiger partial charge in [0.1, 0.15) is 30.5 Å². The quantitative estimate of drug-likeness (QED) is 0.354. The van der Waals surface area contributed by atoms with E-state index in [0.29, 0.717) is 18.4 Å². The fourth-order valence-corrected chi connectivity index (χ4v) is 3.85. The molecule has 2 fully saturated rings. The van der Waals surface area contributed by atoms with Gasteiger partial charge in [-0.15, -0.1) is 0 Å². The Balaban J connectivity index is 0.000000196. The molecule has 2 saturated heterocycles. The zero-order chi connectivity index (χ0) is 25.7. The molecule has 0 radical (unpaired) electrons. The van der Waals surface area contributed by atoms with Crippen molar-refractivity contribution in [2.75, 3.05) is 33.2 Å². The van der Waals surface area contributed by atoms with Gasteiger partial charge >= 0.3 is 11.4 Å². The van der Waals surface area contributed by atoms with Gasteiger partial charge in [-0.05, 0) is 13.0 Å². The van der Waals surface area contributed by atoms with E-state index in [1.807, 2.05) is 0 Å². The van der Waals surface area contributed by atoms with E-state index in [0.717, 1.165) is 0 Å². The van der Waals surface area contributed by atoms with Crippen molar-refractivity contribution in [2.24, 2.45) is 0 Å². The second kappa shape index (κ2) is 11.7. The zero-order valence-electron chi connectivity index (χ0n) is 19.7. The highest BCUT2D eigenvalue weighted by Crippen LogP contribution is 2.28. The number of aliphatic hydroxyl groups excluding tert-OH is 2. The summed E-state index contributed by atoms with van der Waals surface area (Å²) in [4.78, 5) is 40.3. The lowest BCUT2D eigenvalue weighted by atomic mass is 10.2. The number of aromatic nitrogens is 4. The number of aliphatic hydroxyl groups is 2. The van der Waals surface area contributed by atoms with Crippen molar-refractivity contribution in [3.63, 3.8) is 0 Å². The summed E-state index contributed by atoms with van der Waals surface area (Å²) in [5.41, 5.74) is 4.37. The third-order valence-corrected chi connectivity index (χ3v) is 5.69. The van der Waals surface area contributed by atoms with Crippen molar-refractivity contribution in [1.82, 2.24) is 19.1 Å². The Morgan fingerprint density at radius 1 is 1.06 bits per heavy atom. The van der Waals surface area contributed by atoms with Gasteiger partial charge in [0.2, 0.25) is 0 Å². The first-order valence-corrected chi connectivity index (χ1v) is 11.0. The Hall–Kier alpha value is -2.88. The molecule has 0 bridgehead atoms. The van der Waals surface area contributed by atoms with E-state index in [9.17, 15) is 24.6 Å². The van der Waals surface area contributed by atoms with Gasteiger partial charge in [-0.3, -0.25) is 18.9 Å². The Morgan fingerprint density at radius 2 is 1.60 bits per heavy atom. The van der Waals surface area contributed by atoms with Crippen molar-refractivity contribution in [1.29, 1.82) is 0 Å². The van der Waals surface area contributed by atoms with Crippen molar-refractivity contribution in [3.8, 4) is 0 Å². The summed E-state index contributed by atoms with van der Waals surface area (Å²) >= 11 is 0. The molecule has 0 saturated carbocycles. The van der Waals surface area contributed by atoms with Crippen LogP contribution in [0.25, 0.3) is 0 Å². The summed E-state index contributed by atoms with van der Waals surface area (Å²) in [5.74, 6) is 0.165. The van der Waals surface area contributed by atoms with Crippen LogP contribution in [0.3, 0.4) is 0 Å². The Bertz CT molecular complexity index is 1160. The number of methoxy groups -OCH3 is 2. The highest BCUT2D eigenvalue weighted by atomic mass is 16.6. The highest BCUT2D eigenvalue weighted by Gasteiger charge is 2.36.